The number of rotatable bonds is 1. The Kier molecular flexibility index (Phi) is 2.28. The maximum Gasteiger partial charge on any atom is 0.344 e. The predicted molar refractivity (Wildman–Crippen MR) is 37.9 cm³/mol. The predicted octanol–water partition coefficient (Wildman–Crippen LogP) is 1.35. The lowest BCUT2D eigenvalue weighted by Crippen LogP contribution is -1.77. The van der Waals surface area contributed by atoms with E-state index in [0.717, 1.165) is 25.2 Å². The molecular formula is C4H10O3P2. The van der Waals surface area contributed by atoms with Gasteiger partial charge in [0.1, 0.15) is 0 Å². The van der Waals surface area contributed by atoms with Crippen LogP contribution in [0.15, 0.2) is 0 Å². The van der Waals surface area contributed by atoms with Gasteiger partial charge in [-0.2, -0.15) is 0 Å². The van der Waals surface area contributed by atoms with Crippen molar-refractivity contribution in [2.45, 2.75) is 12.8 Å². The highest BCUT2D eigenvalue weighted by atomic mass is 32.1. The van der Waals surface area contributed by atoms with Crippen molar-refractivity contribution in [2.75, 3.05) is 12.3 Å². The molecule has 0 aromatic heterocycles. The van der Waals surface area contributed by atoms with Crippen LogP contribution in [-0.2, 0) is 4.57 Å². The Hall–Kier alpha value is 0.580. The molecule has 0 aromatic carbocycles. The maximum absolute atomic E-state index is 10.6. The minimum atomic E-state index is -3.65. The summed E-state index contributed by atoms with van der Waals surface area (Å²) in [4.78, 5) is 17.3. The minimum absolute atomic E-state index is 0.777. The fraction of sp³-hybridized carbons (Fsp3) is 1.00. The topological polar surface area (TPSA) is 57.5 Å². The third-order valence-electron chi connectivity index (χ3n) is 1.45. The molecule has 5 heteroatoms. The molecule has 0 unspecified atom stereocenters. The van der Waals surface area contributed by atoms with Crippen LogP contribution in [-0.4, -0.2) is 22.1 Å². The molecule has 9 heavy (non-hydrogen) atoms. The molecular weight excluding hydrogens is 158 g/mol. The Morgan fingerprint density at radius 2 is 1.67 bits per heavy atom. The second-order valence-corrected chi connectivity index (χ2v) is 8.37. The van der Waals surface area contributed by atoms with Gasteiger partial charge in [-0.25, -0.2) is 0 Å². The standard InChI is InChI=1S/C4H10O3P2/c5-9(6,7)8-3-1-2-4-8/h1-4H2,(H2,5,6,7). The van der Waals surface area contributed by atoms with E-state index in [-0.39, 0.29) is 0 Å². The van der Waals surface area contributed by atoms with Crippen molar-refractivity contribution >= 4 is 14.9 Å². The van der Waals surface area contributed by atoms with Crippen LogP contribution in [0.5, 0.6) is 0 Å². The molecule has 0 atom stereocenters. The molecule has 0 aromatic rings. The normalized spacial score (nSPS) is 22.9. The van der Waals surface area contributed by atoms with Gasteiger partial charge in [-0.1, -0.05) is 0 Å². The van der Waals surface area contributed by atoms with Gasteiger partial charge in [0.2, 0.25) is 0 Å². The largest absolute Gasteiger partial charge is 0.344 e. The van der Waals surface area contributed by atoms with Crippen LogP contribution in [0.2, 0.25) is 0 Å². The first kappa shape index (κ1) is 7.68. The van der Waals surface area contributed by atoms with Crippen molar-refractivity contribution in [1.29, 1.82) is 0 Å². The van der Waals surface area contributed by atoms with Gasteiger partial charge in [-0.3, -0.25) is 4.57 Å². The molecule has 1 aliphatic rings. The van der Waals surface area contributed by atoms with Crippen LogP contribution in [0.25, 0.3) is 0 Å². The Bertz CT molecular complexity index is 135. The van der Waals surface area contributed by atoms with Crippen molar-refractivity contribution in [2.24, 2.45) is 0 Å². The highest BCUT2D eigenvalue weighted by molar-refractivity contribution is 8.28. The van der Waals surface area contributed by atoms with Gasteiger partial charge in [0.15, 0.2) is 0 Å². The Labute approximate surface area is 55.3 Å². The number of hydrogen-bond acceptors (Lipinski definition) is 1. The average Bonchev–Trinajstić information content (AvgIpc) is 2.08. The molecule has 1 heterocycles. The van der Waals surface area contributed by atoms with Crippen molar-refractivity contribution < 1.29 is 14.4 Å². The first-order chi connectivity index (χ1) is 4.11. The monoisotopic (exact) mass is 168 g/mol. The third kappa shape index (κ3) is 2.01. The zero-order chi connectivity index (χ0) is 6.91. The molecule has 0 amide bonds. The highest BCUT2D eigenvalue weighted by Gasteiger charge is 2.30. The quantitative estimate of drug-likeness (QED) is 0.581. The van der Waals surface area contributed by atoms with Crippen LogP contribution >= 0.6 is 14.9 Å². The third-order valence-corrected chi connectivity index (χ3v) is 7.26. The summed E-state index contributed by atoms with van der Waals surface area (Å²) < 4.78 is 10.6. The van der Waals surface area contributed by atoms with E-state index in [0.29, 0.717) is 0 Å². The van der Waals surface area contributed by atoms with E-state index in [1.165, 1.54) is 0 Å². The smallest absolute Gasteiger partial charge is 0.322 e. The summed E-state index contributed by atoms with van der Waals surface area (Å²) in [5, 5.41) is 0. The molecule has 0 radical (unpaired) electrons. The van der Waals surface area contributed by atoms with E-state index < -0.39 is 14.9 Å². The van der Waals surface area contributed by atoms with E-state index >= 15 is 0 Å². The Balaban J connectivity index is 2.52. The molecule has 1 rings (SSSR count). The van der Waals surface area contributed by atoms with Crippen LogP contribution in [0, 0.1) is 0 Å². The summed E-state index contributed by atoms with van der Waals surface area (Å²) in [5.74, 6) is 0. The fourth-order valence-electron chi connectivity index (χ4n) is 0.961. The fourth-order valence-corrected chi connectivity index (χ4v) is 5.29. The van der Waals surface area contributed by atoms with Crippen molar-refractivity contribution in [3.8, 4) is 0 Å². The summed E-state index contributed by atoms with van der Waals surface area (Å²) in [5.41, 5.74) is 0. The summed E-state index contributed by atoms with van der Waals surface area (Å²) >= 11 is 0. The lowest BCUT2D eigenvalue weighted by molar-refractivity contribution is 0.395. The Morgan fingerprint density at radius 3 is 1.89 bits per heavy atom. The second kappa shape index (κ2) is 2.67. The van der Waals surface area contributed by atoms with Gasteiger partial charge < -0.3 is 9.79 Å². The SMILES string of the molecule is O=P(O)(O)P1CCCC1. The van der Waals surface area contributed by atoms with E-state index in [1.54, 1.807) is 0 Å². The van der Waals surface area contributed by atoms with E-state index in [9.17, 15) is 4.57 Å². The van der Waals surface area contributed by atoms with Crippen LogP contribution in [0.1, 0.15) is 12.8 Å². The molecule has 0 aliphatic carbocycles. The van der Waals surface area contributed by atoms with E-state index in [2.05, 4.69) is 0 Å². The van der Waals surface area contributed by atoms with Gasteiger partial charge in [-0.15, -0.1) is 0 Å². The lowest BCUT2D eigenvalue weighted by Gasteiger charge is -2.09. The molecule has 3 nitrogen and oxygen atoms in total. The van der Waals surface area contributed by atoms with E-state index in [4.69, 9.17) is 9.79 Å². The van der Waals surface area contributed by atoms with Crippen LogP contribution in [0.3, 0.4) is 0 Å². The summed E-state index contributed by atoms with van der Waals surface area (Å²) in [6.07, 6.45) is 3.58. The van der Waals surface area contributed by atoms with Crippen molar-refractivity contribution in [1.82, 2.24) is 0 Å². The van der Waals surface area contributed by atoms with Crippen LogP contribution < -0.4 is 0 Å². The van der Waals surface area contributed by atoms with Crippen LogP contribution in [0.4, 0.5) is 0 Å². The van der Waals surface area contributed by atoms with Gasteiger partial charge in [-0.05, 0) is 25.2 Å². The number of hydrogen-bond donors (Lipinski definition) is 2. The summed E-state index contributed by atoms with van der Waals surface area (Å²) in [7, 11) is -4.57. The molecule has 1 aliphatic heterocycles. The zero-order valence-corrected chi connectivity index (χ0v) is 6.81. The highest BCUT2D eigenvalue weighted by Crippen LogP contribution is 2.72. The van der Waals surface area contributed by atoms with Gasteiger partial charge in [0.25, 0.3) is 0 Å². The molecule has 0 saturated carbocycles. The molecule has 0 bridgehead atoms. The minimum Gasteiger partial charge on any atom is -0.322 e. The van der Waals surface area contributed by atoms with Gasteiger partial charge in [0, 0.05) is 7.61 Å². The first-order valence-electron chi connectivity index (χ1n) is 2.92. The molecule has 0 spiro atoms. The second-order valence-electron chi connectivity index (χ2n) is 2.17. The summed E-state index contributed by atoms with van der Waals surface area (Å²) in [6, 6.07) is 0. The maximum atomic E-state index is 10.6. The average molecular weight is 168 g/mol. The van der Waals surface area contributed by atoms with Crippen molar-refractivity contribution in [3.63, 3.8) is 0 Å². The molecule has 1 saturated heterocycles. The van der Waals surface area contributed by atoms with Gasteiger partial charge >= 0.3 is 7.28 Å². The van der Waals surface area contributed by atoms with Gasteiger partial charge in [0.05, 0.1) is 0 Å². The lowest BCUT2D eigenvalue weighted by atomic mass is 10.4. The Morgan fingerprint density at radius 1 is 1.22 bits per heavy atom. The molecule has 1 fully saturated rings. The first-order valence-corrected chi connectivity index (χ1v) is 6.95. The zero-order valence-electron chi connectivity index (χ0n) is 5.03. The molecule has 54 valence electrons. The summed E-state index contributed by atoms with van der Waals surface area (Å²) in [6.45, 7) is 0. The van der Waals surface area contributed by atoms with Crippen molar-refractivity contribution in [3.05, 3.63) is 0 Å². The van der Waals surface area contributed by atoms with E-state index in [1.807, 2.05) is 0 Å². The molecule has 2 N–H and O–H groups in total.